The Morgan fingerprint density at radius 1 is 1.00 bits per heavy atom. The van der Waals surface area contributed by atoms with E-state index in [0.717, 1.165) is 10.5 Å². The third-order valence-corrected chi connectivity index (χ3v) is 6.82. The summed E-state index contributed by atoms with van der Waals surface area (Å²) in [5.74, 6) is 9.85. The summed E-state index contributed by atoms with van der Waals surface area (Å²) < 4.78 is 0. The Morgan fingerprint density at radius 2 is 1.43 bits per heavy atom. The highest BCUT2D eigenvalue weighted by molar-refractivity contribution is 8.10. The second kappa shape index (κ2) is 8.31. The van der Waals surface area contributed by atoms with Gasteiger partial charge in [0.25, 0.3) is 0 Å². The topological polar surface area (TPSA) is 0 Å². The van der Waals surface area contributed by atoms with Crippen molar-refractivity contribution in [2.24, 2.45) is 0 Å². The molecule has 1 aliphatic rings. The fourth-order valence-corrected chi connectivity index (χ4v) is 5.75. The van der Waals surface area contributed by atoms with E-state index in [2.05, 4.69) is 48.9 Å². The molecule has 1 aliphatic heterocycles. The monoisotopic (exact) mass is 266 g/mol. The van der Waals surface area contributed by atoms with Crippen LogP contribution in [0.2, 0.25) is 0 Å². The number of thioether (sulfide) groups is 4. The van der Waals surface area contributed by atoms with E-state index >= 15 is 0 Å². The lowest BCUT2D eigenvalue weighted by Crippen LogP contribution is -2.20. The van der Waals surface area contributed by atoms with Gasteiger partial charge in [-0.25, -0.2) is 0 Å². The quantitative estimate of drug-likeness (QED) is 0.665. The van der Waals surface area contributed by atoms with Gasteiger partial charge in [0.15, 0.2) is 22.0 Å². The molecule has 2 unspecified atom stereocenters. The molecule has 0 aromatic rings. The summed E-state index contributed by atoms with van der Waals surface area (Å²) >= 11 is 8.16. The summed E-state index contributed by atoms with van der Waals surface area (Å²) in [4.78, 5) is 0. The van der Waals surface area contributed by atoms with E-state index in [9.17, 15) is 0 Å². The molecular weight excluding hydrogens is 248 g/mol. The molecule has 1 heterocycles. The Labute approximate surface area is 106 Å². The molecule has 4 heteroatoms. The largest absolute Gasteiger partial charge is 0.165 e. The summed E-state index contributed by atoms with van der Waals surface area (Å²) in [5.41, 5.74) is 0. The fraction of sp³-hybridized carbons (Fsp3) is 0.800. The van der Waals surface area contributed by atoms with Crippen molar-refractivity contribution in [3.8, 4) is 0 Å². The van der Waals surface area contributed by atoms with Gasteiger partial charge in [0.05, 0.1) is 35.0 Å². The van der Waals surface area contributed by atoms with E-state index in [1.165, 1.54) is 23.0 Å². The Kier molecular flexibility index (Phi) is 7.84. The highest BCUT2D eigenvalue weighted by Crippen LogP contribution is 2.36. The van der Waals surface area contributed by atoms with Crippen LogP contribution in [-0.2, 0) is 0 Å². The maximum atomic E-state index is 2.42. The average Bonchev–Trinajstić information content (AvgIpc) is 2.25. The molecule has 1 saturated heterocycles. The van der Waals surface area contributed by atoms with Crippen molar-refractivity contribution < 1.29 is 0 Å². The normalized spacial score (nSPS) is 27.3. The minimum atomic E-state index is 0.779. The highest BCUT2D eigenvalue weighted by Gasteiger charge is 2.31. The molecular formula is C10H18S4+2. The van der Waals surface area contributed by atoms with E-state index in [1.54, 1.807) is 0 Å². The first-order chi connectivity index (χ1) is 6.86. The third-order valence-electron chi connectivity index (χ3n) is 1.78. The van der Waals surface area contributed by atoms with E-state index in [-0.39, 0.29) is 0 Å². The molecule has 2 atom stereocenters. The van der Waals surface area contributed by atoms with Crippen LogP contribution in [-0.4, -0.2) is 33.5 Å². The lowest BCUT2D eigenvalue weighted by molar-refractivity contribution is 1.14. The SMILES string of the molecule is CCS[CH+]C1CSC([CH+]SCC)CS1. The van der Waals surface area contributed by atoms with Gasteiger partial charge in [0.1, 0.15) is 0 Å². The Balaban J connectivity index is 2.05. The van der Waals surface area contributed by atoms with Crippen LogP contribution >= 0.6 is 47.0 Å². The zero-order valence-electron chi connectivity index (χ0n) is 8.77. The molecule has 14 heavy (non-hydrogen) atoms. The van der Waals surface area contributed by atoms with Crippen molar-refractivity contribution >= 4 is 47.0 Å². The van der Waals surface area contributed by atoms with E-state index in [4.69, 9.17) is 0 Å². The molecule has 0 aromatic heterocycles. The first-order valence-electron chi connectivity index (χ1n) is 4.99. The van der Waals surface area contributed by atoms with Crippen LogP contribution < -0.4 is 0 Å². The molecule has 1 fully saturated rings. The predicted molar refractivity (Wildman–Crippen MR) is 77.4 cm³/mol. The standard InChI is InChI=1S/C10H18S4/c1-3-11-5-9-7-14-10(8-13-9)6-12-4-2/h5-6,9-10H,3-4,7-8H2,1-2H3/q+2. The third kappa shape index (κ3) is 5.29. The maximum Gasteiger partial charge on any atom is 0.165 e. The van der Waals surface area contributed by atoms with Gasteiger partial charge in [-0.05, 0) is 0 Å². The molecule has 0 aliphatic carbocycles. The van der Waals surface area contributed by atoms with Crippen LogP contribution in [0.5, 0.6) is 0 Å². The summed E-state index contributed by atoms with van der Waals surface area (Å²) in [6, 6.07) is 0. The van der Waals surface area contributed by atoms with Gasteiger partial charge >= 0.3 is 0 Å². The molecule has 0 bridgehead atoms. The van der Waals surface area contributed by atoms with Crippen molar-refractivity contribution in [1.82, 2.24) is 0 Å². The molecule has 0 amide bonds. The van der Waals surface area contributed by atoms with Crippen molar-refractivity contribution in [3.05, 3.63) is 11.5 Å². The van der Waals surface area contributed by atoms with E-state index in [1.807, 2.05) is 23.5 Å². The summed E-state index contributed by atoms with van der Waals surface area (Å²) in [6.07, 6.45) is 0. The summed E-state index contributed by atoms with van der Waals surface area (Å²) in [6.45, 7) is 4.44. The van der Waals surface area contributed by atoms with E-state index < -0.39 is 0 Å². The first kappa shape index (κ1) is 13.2. The van der Waals surface area contributed by atoms with Gasteiger partial charge in [0, 0.05) is 11.5 Å². The predicted octanol–water partition coefficient (Wildman–Crippen LogP) is 4.03. The molecule has 0 aromatic carbocycles. The second-order valence-electron chi connectivity index (χ2n) is 2.93. The highest BCUT2D eigenvalue weighted by atomic mass is 32.2. The van der Waals surface area contributed by atoms with Crippen molar-refractivity contribution in [2.75, 3.05) is 23.0 Å². The van der Waals surface area contributed by atoms with Crippen LogP contribution in [0.25, 0.3) is 0 Å². The van der Waals surface area contributed by atoms with Crippen LogP contribution in [0.4, 0.5) is 0 Å². The molecule has 0 radical (unpaired) electrons. The van der Waals surface area contributed by atoms with Gasteiger partial charge in [0.2, 0.25) is 0 Å². The Hall–Kier alpha value is 1.14. The minimum Gasteiger partial charge on any atom is -0.103 e. The van der Waals surface area contributed by atoms with Gasteiger partial charge in [-0.3, -0.25) is 0 Å². The Bertz CT molecular complexity index is 116. The van der Waals surface area contributed by atoms with Crippen LogP contribution in [0.15, 0.2) is 0 Å². The van der Waals surface area contributed by atoms with Crippen molar-refractivity contribution in [1.29, 1.82) is 0 Å². The van der Waals surface area contributed by atoms with Crippen molar-refractivity contribution in [2.45, 2.75) is 24.3 Å². The summed E-state index contributed by atoms with van der Waals surface area (Å²) in [7, 11) is 0. The molecule has 80 valence electrons. The summed E-state index contributed by atoms with van der Waals surface area (Å²) in [5, 5.41) is 1.56. The number of hydrogen-bond acceptors (Lipinski definition) is 4. The van der Waals surface area contributed by atoms with Crippen LogP contribution in [0.1, 0.15) is 13.8 Å². The van der Waals surface area contributed by atoms with Gasteiger partial charge in [-0.15, -0.1) is 23.5 Å². The van der Waals surface area contributed by atoms with Crippen LogP contribution in [0, 0.1) is 11.5 Å². The van der Waals surface area contributed by atoms with E-state index in [0.29, 0.717) is 0 Å². The van der Waals surface area contributed by atoms with Gasteiger partial charge < -0.3 is 0 Å². The Morgan fingerprint density at radius 3 is 1.71 bits per heavy atom. The molecule has 0 spiro atoms. The zero-order valence-corrected chi connectivity index (χ0v) is 12.0. The lowest BCUT2D eigenvalue weighted by Gasteiger charge is -2.17. The first-order valence-corrected chi connectivity index (χ1v) is 9.19. The minimum absolute atomic E-state index is 0.779. The number of hydrogen-bond donors (Lipinski definition) is 0. The fourth-order valence-electron chi connectivity index (χ4n) is 1.10. The molecule has 1 rings (SSSR count). The lowest BCUT2D eigenvalue weighted by atomic mass is 10.5. The van der Waals surface area contributed by atoms with Gasteiger partial charge in [-0.1, -0.05) is 13.8 Å². The maximum absolute atomic E-state index is 2.42. The molecule has 0 nitrogen and oxygen atoms in total. The molecule has 0 N–H and O–H groups in total. The van der Waals surface area contributed by atoms with Crippen molar-refractivity contribution in [3.63, 3.8) is 0 Å². The zero-order chi connectivity index (χ0) is 10.2. The number of rotatable bonds is 6. The van der Waals surface area contributed by atoms with Crippen LogP contribution in [0.3, 0.4) is 0 Å². The van der Waals surface area contributed by atoms with Gasteiger partial charge in [-0.2, -0.15) is 0 Å². The second-order valence-corrected chi connectivity index (χ2v) is 7.84. The smallest absolute Gasteiger partial charge is 0.103 e. The average molecular weight is 267 g/mol. The molecule has 0 saturated carbocycles.